The Labute approximate surface area is 116 Å². The number of aromatic nitrogens is 1. The summed E-state index contributed by atoms with van der Waals surface area (Å²) in [7, 11) is 4.02. The zero-order chi connectivity index (χ0) is 13.8. The highest BCUT2D eigenvalue weighted by atomic mass is 15.2. The van der Waals surface area contributed by atoms with Gasteiger partial charge in [-0.05, 0) is 38.8 Å². The van der Waals surface area contributed by atoms with Gasteiger partial charge < -0.3 is 15.1 Å². The summed E-state index contributed by atoms with van der Waals surface area (Å²) in [5, 5.41) is 3.60. The maximum atomic E-state index is 4.44. The van der Waals surface area contributed by atoms with Gasteiger partial charge in [0.05, 0.1) is 11.9 Å². The summed E-state index contributed by atoms with van der Waals surface area (Å²) < 4.78 is 0. The molecule has 1 N–H and O–H groups in total. The fourth-order valence-corrected chi connectivity index (χ4v) is 2.53. The second kappa shape index (κ2) is 6.24. The molecular weight excluding hydrogens is 236 g/mol. The van der Waals surface area contributed by atoms with Gasteiger partial charge in [-0.3, -0.25) is 0 Å². The van der Waals surface area contributed by atoms with Gasteiger partial charge in [-0.2, -0.15) is 0 Å². The molecule has 0 atom stereocenters. The van der Waals surface area contributed by atoms with Crippen molar-refractivity contribution in [3.63, 3.8) is 0 Å². The average molecular weight is 262 g/mol. The zero-order valence-electron chi connectivity index (χ0n) is 12.6. The van der Waals surface area contributed by atoms with Gasteiger partial charge in [-0.25, -0.2) is 4.98 Å². The lowest BCUT2D eigenvalue weighted by Crippen LogP contribution is -2.42. The van der Waals surface area contributed by atoms with Crippen LogP contribution >= 0.6 is 0 Å². The fourth-order valence-electron chi connectivity index (χ4n) is 2.53. The first-order chi connectivity index (χ1) is 9.06. The van der Waals surface area contributed by atoms with Crippen molar-refractivity contribution in [3.8, 4) is 0 Å². The molecule has 1 aliphatic heterocycles. The van der Waals surface area contributed by atoms with Gasteiger partial charge in [-0.1, -0.05) is 0 Å². The second-order valence-corrected chi connectivity index (χ2v) is 5.85. The van der Waals surface area contributed by atoms with Crippen LogP contribution in [0.3, 0.4) is 0 Å². The molecule has 0 radical (unpaired) electrons. The molecule has 1 fully saturated rings. The van der Waals surface area contributed by atoms with E-state index in [1.807, 2.05) is 25.2 Å². The standard InChI is InChI=1S/C15H26N4/c1-12(2)19-9-7-13(8-10-19)17-14-5-6-15(16-11-14)18(3)4/h5-6,11-13,17H,7-10H2,1-4H3. The predicted octanol–water partition coefficient (Wildman–Crippen LogP) is 2.43. The number of hydrogen-bond acceptors (Lipinski definition) is 4. The Kier molecular flexibility index (Phi) is 4.64. The van der Waals surface area contributed by atoms with Crippen molar-refractivity contribution in [2.75, 3.05) is 37.4 Å². The van der Waals surface area contributed by atoms with Gasteiger partial charge in [-0.15, -0.1) is 0 Å². The third kappa shape index (κ3) is 3.83. The maximum Gasteiger partial charge on any atom is 0.128 e. The Morgan fingerprint density at radius 3 is 2.42 bits per heavy atom. The Morgan fingerprint density at radius 1 is 1.26 bits per heavy atom. The lowest BCUT2D eigenvalue weighted by atomic mass is 10.0. The van der Waals surface area contributed by atoms with Crippen molar-refractivity contribution in [2.24, 2.45) is 0 Å². The van der Waals surface area contributed by atoms with Crippen LogP contribution in [0, 0.1) is 0 Å². The fraction of sp³-hybridized carbons (Fsp3) is 0.667. The van der Waals surface area contributed by atoms with Crippen molar-refractivity contribution < 1.29 is 0 Å². The van der Waals surface area contributed by atoms with Crippen LogP contribution in [0.2, 0.25) is 0 Å². The lowest BCUT2D eigenvalue weighted by Gasteiger charge is -2.35. The monoisotopic (exact) mass is 262 g/mol. The van der Waals surface area contributed by atoms with Crippen molar-refractivity contribution in [1.82, 2.24) is 9.88 Å². The van der Waals surface area contributed by atoms with Gasteiger partial charge in [0.25, 0.3) is 0 Å². The lowest BCUT2D eigenvalue weighted by molar-refractivity contribution is 0.177. The highest BCUT2D eigenvalue weighted by Crippen LogP contribution is 2.18. The molecule has 1 aromatic heterocycles. The first-order valence-electron chi connectivity index (χ1n) is 7.20. The van der Waals surface area contributed by atoms with Gasteiger partial charge >= 0.3 is 0 Å². The minimum Gasteiger partial charge on any atom is -0.381 e. The van der Waals surface area contributed by atoms with E-state index >= 15 is 0 Å². The van der Waals surface area contributed by atoms with E-state index in [0.29, 0.717) is 12.1 Å². The molecular formula is C15H26N4. The number of pyridine rings is 1. The first kappa shape index (κ1) is 14.1. The largest absolute Gasteiger partial charge is 0.381 e. The van der Waals surface area contributed by atoms with E-state index in [9.17, 15) is 0 Å². The summed E-state index contributed by atoms with van der Waals surface area (Å²) in [5.74, 6) is 1.00. The minimum absolute atomic E-state index is 0.585. The van der Waals surface area contributed by atoms with Crippen LogP contribution in [0.4, 0.5) is 11.5 Å². The van der Waals surface area contributed by atoms with E-state index in [-0.39, 0.29) is 0 Å². The molecule has 2 heterocycles. The Hall–Kier alpha value is -1.29. The van der Waals surface area contributed by atoms with Gasteiger partial charge in [0.15, 0.2) is 0 Å². The third-order valence-electron chi connectivity index (χ3n) is 3.84. The highest BCUT2D eigenvalue weighted by Gasteiger charge is 2.20. The van der Waals surface area contributed by atoms with E-state index in [2.05, 4.69) is 41.2 Å². The van der Waals surface area contributed by atoms with Gasteiger partial charge in [0.1, 0.15) is 5.82 Å². The van der Waals surface area contributed by atoms with E-state index < -0.39 is 0 Å². The Balaban J connectivity index is 1.85. The van der Waals surface area contributed by atoms with Gasteiger partial charge in [0, 0.05) is 39.3 Å². The zero-order valence-corrected chi connectivity index (χ0v) is 12.6. The molecule has 4 heteroatoms. The Morgan fingerprint density at radius 2 is 1.95 bits per heavy atom. The first-order valence-corrected chi connectivity index (χ1v) is 7.20. The summed E-state index contributed by atoms with van der Waals surface area (Å²) in [4.78, 5) is 9.01. The molecule has 0 saturated carbocycles. The van der Waals surface area contributed by atoms with Crippen molar-refractivity contribution in [1.29, 1.82) is 0 Å². The molecule has 0 aliphatic carbocycles. The molecule has 1 saturated heterocycles. The number of likely N-dealkylation sites (tertiary alicyclic amines) is 1. The van der Waals surface area contributed by atoms with E-state index in [0.717, 1.165) is 11.5 Å². The topological polar surface area (TPSA) is 31.4 Å². The van der Waals surface area contributed by atoms with Crippen molar-refractivity contribution >= 4 is 11.5 Å². The Bertz CT molecular complexity index is 378. The number of rotatable bonds is 4. The van der Waals surface area contributed by atoms with Crippen LogP contribution in [-0.4, -0.2) is 49.2 Å². The van der Waals surface area contributed by atoms with E-state index in [1.54, 1.807) is 0 Å². The summed E-state index contributed by atoms with van der Waals surface area (Å²) in [5.41, 5.74) is 1.13. The minimum atomic E-state index is 0.585. The SMILES string of the molecule is CC(C)N1CCC(Nc2ccc(N(C)C)nc2)CC1. The molecule has 106 valence electrons. The smallest absolute Gasteiger partial charge is 0.128 e. The van der Waals surface area contributed by atoms with Crippen LogP contribution in [0.1, 0.15) is 26.7 Å². The normalized spacial score (nSPS) is 17.7. The molecule has 0 unspecified atom stereocenters. The molecule has 1 aliphatic rings. The van der Waals surface area contributed by atoms with Crippen molar-refractivity contribution in [3.05, 3.63) is 18.3 Å². The summed E-state index contributed by atoms with van der Waals surface area (Å²) in [6.07, 6.45) is 4.37. The molecule has 2 rings (SSSR count). The maximum absolute atomic E-state index is 4.44. The van der Waals surface area contributed by atoms with Gasteiger partial charge in [0.2, 0.25) is 0 Å². The number of nitrogens with one attached hydrogen (secondary N) is 1. The average Bonchev–Trinajstić information content (AvgIpc) is 2.40. The van der Waals surface area contributed by atoms with Crippen molar-refractivity contribution in [2.45, 2.75) is 38.8 Å². The molecule has 0 aromatic carbocycles. The highest BCUT2D eigenvalue weighted by molar-refractivity contribution is 5.48. The van der Waals surface area contributed by atoms with Crippen LogP contribution < -0.4 is 10.2 Å². The van der Waals surface area contributed by atoms with Crippen LogP contribution in [0.15, 0.2) is 18.3 Å². The second-order valence-electron chi connectivity index (χ2n) is 5.85. The number of hydrogen-bond donors (Lipinski definition) is 1. The summed E-state index contributed by atoms with van der Waals surface area (Å²) in [6, 6.07) is 5.44. The van der Waals surface area contributed by atoms with Crippen LogP contribution in [0.5, 0.6) is 0 Å². The molecule has 0 bridgehead atoms. The summed E-state index contributed by atoms with van der Waals surface area (Å²) in [6.45, 7) is 6.94. The number of nitrogens with zero attached hydrogens (tertiary/aromatic N) is 3. The van der Waals surface area contributed by atoms with E-state index in [1.165, 1.54) is 25.9 Å². The van der Waals surface area contributed by atoms with E-state index in [4.69, 9.17) is 0 Å². The summed E-state index contributed by atoms with van der Waals surface area (Å²) >= 11 is 0. The molecule has 4 nitrogen and oxygen atoms in total. The predicted molar refractivity (Wildman–Crippen MR) is 81.9 cm³/mol. The third-order valence-corrected chi connectivity index (χ3v) is 3.84. The molecule has 0 amide bonds. The van der Waals surface area contributed by atoms with Crippen LogP contribution in [-0.2, 0) is 0 Å². The van der Waals surface area contributed by atoms with Crippen LogP contribution in [0.25, 0.3) is 0 Å². The molecule has 1 aromatic rings. The number of piperidine rings is 1. The molecule has 19 heavy (non-hydrogen) atoms. The number of anilines is 2. The molecule has 0 spiro atoms. The quantitative estimate of drug-likeness (QED) is 0.903.